The van der Waals surface area contributed by atoms with Crippen molar-refractivity contribution in [3.8, 4) is 0 Å². The first-order valence-corrected chi connectivity index (χ1v) is 5.60. The average Bonchev–Trinajstić information content (AvgIpc) is 2.26. The summed E-state index contributed by atoms with van der Waals surface area (Å²) in [6.07, 6.45) is 1.79. The van der Waals surface area contributed by atoms with Gasteiger partial charge in [0.05, 0.1) is 6.04 Å². The minimum absolute atomic E-state index is 0.220. The number of carbonyl (C=O) groups is 1. The van der Waals surface area contributed by atoms with Gasteiger partial charge >= 0.3 is 0 Å². The fourth-order valence-corrected chi connectivity index (χ4v) is 2.26. The van der Waals surface area contributed by atoms with Gasteiger partial charge in [0.2, 0.25) is 5.91 Å². The van der Waals surface area contributed by atoms with Crippen molar-refractivity contribution in [1.82, 2.24) is 4.90 Å². The van der Waals surface area contributed by atoms with Crippen molar-refractivity contribution in [2.75, 3.05) is 0 Å². The Bertz CT molecular complexity index is 347. The van der Waals surface area contributed by atoms with E-state index in [1.54, 1.807) is 0 Å². The quantitative estimate of drug-likeness (QED) is 0.692. The summed E-state index contributed by atoms with van der Waals surface area (Å²) < 4.78 is 0. The Hall–Kier alpha value is -1.31. The summed E-state index contributed by atoms with van der Waals surface area (Å²) in [6, 6.07) is 10.9. The molecule has 0 radical (unpaired) electrons. The van der Waals surface area contributed by atoms with E-state index < -0.39 is 0 Å². The molecule has 0 aliphatic carbocycles. The molecule has 1 aromatic rings. The van der Waals surface area contributed by atoms with Gasteiger partial charge in [-0.25, -0.2) is 0 Å². The minimum atomic E-state index is 0.220. The molecular weight excluding hydrogens is 186 g/mol. The third-order valence-electron chi connectivity index (χ3n) is 3.26. The number of rotatable bonds is 3. The van der Waals surface area contributed by atoms with Crippen LogP contribution in [0.15, 0.2) is 30.3 Å². The van der Waals surface area contributed by atoms with Crippen LogP contribution in [0.5, 0.6) is 0 Å². The van der Waals surface area contributed by atoms with E-state index in [2.05, 4.69) is 26.0 Å². The first-order valence-electron chi connectivity index (χ1n) is 5.60. The second kappa shape index (κ2) is 4.05. The number of carbonyl (C=O) groups excluding carboxylic acids is 1. The molecular formula is C13H17NO. The molecule has 80 valence electrons. The van der Waals surface area contributed by atoms with Crippen LogP contribution in [0.4, 0.5) is 0 Å². The fraction of sp³-hybridized carbons (Fsp3) is 0.462. The van der Waals surface area contributed by atoms with E-state index in [1.807, 2.05) is 23.1 Å². The molecule has 1 fully saturated rings. The largest absolute Gasteiger partial charge is 0.332 e. The van der Waals surface area contributed by atoms with E-state index in [9.17, 15) is 4.79 Å². The van der Waals surface area contributed by atoms with E-state index in [0.29, 0.717) is 11.9 Å². The summed E-state index contributed by atoms with van der Waals surface area (Å²) in [5.74, 6) is 0.290. The van der Waals surface area contributed by atoms with E-state index in [0.717, 1.165) is 12.8 Å². The van der Waals surface area contributed by atoms with E-state index in [-0.39, 0.29) is 6.04 Å². The lowest BCUT2D eigenvalue weighted by atomic mass is 9.94. The third-order valence-corrected chi connectivity index (χ3v) is 3.26. The highest BCUT2D eigenvalue weighted by Crippen LogP contribution is 2.32. The Labute approximate surface area is 90.9 Å². The van der Waals surface area contributed by atoms with Gasteiger partial charge < -0.3 is 4.90 Å². The summed E-state index contributed by atoms with van der Waals surface area (Å²) >= 11 is 0. The van der Waals surface area contributed by atoms with Crippen molar-refractivity contribution in [2.45, 2.75) is 38.8 Å². The molecule has 2 rings (SSSR count). The lowest BCUT2D eigenvalue weighted by molar-refractivity contribution is -0.149. The first-order chi connectivity index (χ1) is 7.24. The molecule has 1 aliphatic heterocycles. The summed E-state index contributed by atoms with van der Waals surface area (Å²) in [6.45, 7) is 4.25. The maximum Gasteiger partial charge on any atom is 0.225 e. The Morgan fingerprint density at radius 2 is 2.07 bits per heavy atom. The van der Waals surface area contributed by atoms with Gasteiger partial charge in [0.1, 0.15) is 0 Å². The Balaban J connectivity index is 2.14. The molecule has 0 unspecified atom stereocenters. The summed E-state index contributed by atoms with van der Waals surface area (Å²) in [5, 5.41) is 0. The van der Waals surface area contributed by atoms with Gasteiger partial charge in [0.15, 0.2) is 0 Å². The molecule has 1 aromatic carbocycles. The zero-order chi connectivity index (χ0) is 10.8. The second-order valence-corrected chi connectivity index (χ2v) is 4.15. The SMILES string of the molecule is CC[C@H]1CC(=O)N1[C@@H](C)c1ccccc1. The molecule has 2 heteroatoms. The minimum Gasteiger partial charge on any atom is -0.332 e. The predicted molar refractivity (Wildman–Crippen MR) is 60.4 cm³/mol. The molecule has 1 aliphatic rings. The smallest absolute Gasteiger partial charge is 0.225 e. The number of benzene rings is 1. The van der Waals surface area contributed by atoms with E-state index >= 15 is 0 Å². The van der Waals surface area contributed by atoms with E-state index in [4.69, 9.17) is 0 Å². The van der Waals surface area contributed by atoms with Crippen molar-refractivity contribution < 1.29 is 4.79 Å². The molecule has 0 saturated carbocycles. The molecule has 2 nitrogen and oxygen atoms in total. The number of β-lactam (4-membered cyclic amide) rings is 1. The first kappa shape index (κ1) is 10.2. The van der Waals surface area contributed by atoms with Gasteiger partial charge in [-0.1, -0.05) is 37.3 Å². The molecule has 0 N–H and O–H groups in total. The Morgan fingerprint density at radius 3 is 2.60 bits per heavy atom. The number of hydrogen-bond acceptors (Lipinski definition) is 1. The van der Waals surface area contributed by atoms with Crippen LogP contribution in [0.25, 0.3) is 0 Å². The van der Waals surface area contributed by atoms with Crippen LogP contribution in [0.1, 0.15) is 38.3 Å². The van der Waals surface area contributed by atoms with Gasteiger partial charge in [-0.2, -0.15) is 0 Å². The maximum atomic E-state index is 11.5. The molecule has 2 atom stereocenters. The summed E-state index contributed by atoms with van der Waals surface area (Å²) in [5.41, 5.74) is 1.23. The molecule has 1 amide bonds. The lowest BCUT2D eigenvalue weighted by Gasteiger charge is -2.44. The molecule has 0 spiro atoms. The van der Waals surface area contributed by atoms with Crippen LogP contribution >= 0.6 is 0 Å². The van der Waals surface area contributed by atoms with Crippen molar-refractivity contribution >= 4 is 5.91 Å². The molecule has 0 bridgehead atoms. The number of likely N-dealkylation sites (tertiary alicyclic amines) is 1. The van der Waals surface area contributed by atoms with Crippen LogP contribution in [0.3, 0.4) is 0 Å². The Morgan fingerprint density at radius 1 is 1.40 bits per heavy atom. The van der Waals surface area contributed by atoms with Crippen LogP contribution in [0.2, 0.25) is 0 Å². The normalized spacial score (nSPS) is 22.4. The van der Waals surface area contributed by atoms with Gasteiger partial charge in [-0.3, -0.25) is 4.79 Å². The predicted octanol–water partition coefficient (Wildman–Crippen LogP) is 2.76. The van der Waals surface area contributed by atoms with Crippen LogP contribution < -0.4 is 0 Å². The summed E-state index contributed by atoms with van der Waals surface area (Å²) in [7, 11) is 0. The molecule has 1 saturated heterocycles. The zero-order valence-corrected chi connectivity index (χ0v) is 9.31. The fourth-order valence-electron chi connectivity index (χ4n) is 2.26. The lowest BCUT2D eigenvalue weighted by Crippen LogP contribution is -2.53. The van der Waals surface area contributed by atoms with E-state index in [1.165, 1.54) is 5.56 Å². The number of hydrogen-bond donors (Lipinski definition) is 0. The summed E-state index contributed by atoms with van der Waals surface area (Å²) in [4.78, 5) is 13.5. The van der Waals surface area contributed by atoms with Crippen molar-refractivity contribution in [2.24, 2.45) is 0 Å². The van der Waals surface area contributed by atoms with Crippen LogP contribution in [-0.4, -0.2) is 16.8 Å². The van der Waals surface area contributed by atoms with Crippen LogP contribution in [0, 0.1) is 0 Å². The van der Waals surface area contributed by atoms with Gasteiger partial charge in [-0.15, -0.1) is 0 Å². The van der Waals surface area contributed by atoms with Gasteiger partial charge in [0, 0.05) is 12.5 Å². The molecule has 15 heavy (non-hydrogen) atoms. The third kappa shape index (κ3) is 1.76. The van der Waals surface area contributed by atoms with Crippen molar-refractivity contribution in [3.63, 3.8) is 0 Å². The van der Waals surface area contributed by atoms with Crippen molar-refractivity contribution in [1.29, 1.82) is 0 Å². The highest BCUT2D eigenvalue weighted by Gasteiger charge is 2.37. The molecule has 0 aromatic heterocycles. The second-order valence-electron chi connectivity index (χ2n) is 4.15. The molecule has 1 heterocycles. The Kier molecular flexibility index (Phi) is 2.76. The van der Waals surface area contributed by atoms with Gasteiger partial charge in [0.25, 0.3) is 0 Å². The zero-order valence-electron chi connectivity index (χ0n) is 9.31. The standard InChI is InChI=1S/C13H17NO/c1-3-12-9-13(15)14(12)10(2)11-7-5-4-6-8-11/h4-8,10,12H,3,9H2,1-2H3/t10-,12-/m0/s1. The maximum absolute atomic E-state index is 11.5. The monoisotopic (exact) mass is 203 g/mol. The number of nitrogens with zero attached hydrogens (tertiary/aromatic N) is 1. The van der Waals surface area contributed by atoms with Crippen molar-refractivity contribution in [3.05, 3.63) is 35.9 Å². The highest BCUT2D eigenvalue weighted by atomic mass is 16.2. The van der Waals surface area contributed by atoms with Gasteiger partial charge in [-0.05, 0) is 18.9 Å². The average molecular weight is 203 g/mol. The van der Waals surface area contributed by atoms with Crippen LogP contribution in [-0.2, 0) is 4.79 Å². The number of amides is 1. The topological polar surface area (TPSA) is 20.3 Å². The highest BCUT2D eigenvalue weighted by molar-refractivity contribution is 5.83.